The molecule has 5 heteroatoms. The number of nitrogens with zero attached hydrogens (tertiary/aromatic N) is 3. The first-order valence-corrected chi connectivity index (χ1v) is 9.11. The third kappa shape index (κ3) is 3.47. The van der Waals surface area contributed by atoms with Gasteiger partial charge in [-0.15, -0.1) is 11.3 Å². The number of likely N-dealkylation sites (tertiary alicyclic amines) is 1. The van der Waals surface area contributed by atoms with Crippen LogP contribution < -0.4 is 0 Å². The van der Waals surface area contributed by atoms with Crippen LogP contribution in [0.15, 0.2) is 5.38 Å². The molecular formula is C16H25N3OS. The first-order chi connectivity index (χ1) is 10.3. The van der Waals surface area contributed by atoms with Crippen LogP contribution >= 0.6 is 11.3 Å². The number of aryl methyl sites for hydroxylation is 1. The van der Waals surface area contributed by atoms with E-state index in [9.17, 15) is 0 Å². The highest BCUT2D eigenvalue weighted by atomic mass is 32.1. The normalized spacial score (nSPS) is 31.3. The van der Waals surface area contributed by atoms with Crippen LogP contribution in [0.2, 0.25) is 0 Å². The van der Waals surface area contributed by atoms with Crippen molar-refractivity contribution in [3.8, 4) is 0 Å². The molecule has 0 N–H and O–H groups in total. The van der Waals surface area contributed by atoms with E-state index in [4.69, 9.17) is 4.74 Å². The third-order valence-electron chi connectivity index (χ3n) is 4.93. The Kier molecular flexibility index (Phi) is 4.00. The highest BCUT2D eigenvalue weighted by Crippen LogP contribution is 2.32. The summed E-state index contributed by atoms with van der Waals surface area (Å²) >= 11 is 1.79. The topological polar surface area (TPSA) is 28.6 Å². The second-order valence-corrected chi connectivity index (χ2v) is 7.89. The molecule has 1 saturated carbocycles. The molecule has 4 rings (SSSR count). The lowest BCUT2D eigenvalue weighted by Crippen LogP contribution is -2.34. The molecular weight excluding hydrogens is 282 g/mol. The van der Waals surface area contributed by atoms with Crippen LogP contribution in [-0.4, -0.2) is 60.2 Å². The summed E-state index contributed by atoms with van der Waals surface area (Å²) in [5.41, 5.74) is 1.15. The van der Waals surface area contributed by atoms with Gasteiger partial charge >= 0.3 is 0 Å². The molecule has 2 saturated heterocycles. The molecule has 21 heavy (non-hydrogen) atoms. The predicted octanol–water partition coefficient (Wildman–Crippen LogP) is 1.99. The molecule has 3 fully saturated rings. The minimum Gasteiger partial charge on any atom is -0.375 e. The van der Waals surface area contributed by atoms with Crippen LogP contribution in [0.25, 0.3) is 0 Å². The number of thiazole rings is 1. The third-order valence-corrected chi connectivity index (χ3v) is 5.88. The summed E-state index contributed by atoms with van der Waals surface area (Å²) in [6.45, 7) is 9.91. The van der Waals surface area contributed by atoms with Crippen molar-refractivity contribution in [3.05, 3.63) is 16.1 Å². The Labute approximate surface area is 131 Å². The molecule has 0 unspecified atom stereocenters. The van der Waals surface area contributed by atoms with Crippen molar-refractivity contribution in [1.82, 2.24) is 14.8 Å². The van der Waals surface area contributed by atoms with Crippen molar-refractivity contribution in [1.29, 1.82) is 0 Å². The van der Waals surface area contributed by atoms with Crippen LogP contribution in [0.5, 0.6) is 0 Å². The van der Waals surface area contributed by atoms with Gasteiger partial charge in [0.2, 0.25) is 0 Å². The largest absolute Gasteiger partial charge is 0.375 e. The van der Waals surface area contributed by atoms with Crippen molar-refractivity contribution in [2.24, 2.45) is 11.8 Å². The van der Waals surface area contributed by atoms with E-state index in [0.717, 1.165) is 37.9 Å². The highest BCUT2D eigenvalue weighted by molar-refractivity contribution is 7.09. The van der Waals surface area contributed by atoms with E-state index >= 15 is 0 Å². The van der Waals surface area contributed by atoms with Crippen molar-refractivity contribution in [2.75, 3.05) is 39.3 Å². The molecule has 3 heterocycles. The smallest absolute Gasteiger partial charge is 0.107 e. The Bertz CT molecular complexity index is 488. The summed E-state index contributed by atoms with van der Waals surface area (Å²) in [5, 5.41) is 3.40. The van der Waals surface area contributed by atoms with Gasteiger partial charge in [-0.3, -0.25) is 4.90 Å². The average Bonchev–Trinajstić information content (AvgIpc) is 3.11. The van der Waals surface area contributed by atoms with Gasteiger partial charge in [-0.2, -0.15) is 0 Å². The van der Waals surface area contributed by atoms with E-state index in [1.165, 1.54) is 37.5 Å². The number of hydrogen-bond donors (Lipinski definition) is 0. The Morgan fingerprint density at radius 3 is 2.90 bits per heavy atom. The van der Waals surface area contributed by atoms with Gasteiger partial charge in [-0.05, 0) is 25.7 Å². The zero-order chi connectivity index (χ0) is 14.2. The number of aromatic nitrogens is 1. The Balaban J connectivity index is 1.35. The van der Waals surface area contributed by atoms with Crippen molar-refractivity contribution in [2.45, 2.75) is 32.4 Å². The summed E-state index contributed by atoms with van der Waals surface area (Å²) in [7, 11) is 0. The average molecular weight is 307 g/mol. The predicted molar refractivity (Wildman–Crippen MR) is 84.5 cm³/mol. The van der Waals surface area contributed by atoms with E-state index < -0.39 is 0 Å². The standard InChI is InChI=1S/C16H25N3OS/c1-12-11-21-16(17-12)10-19-8-14-7-18(6-13-2-3-13)4-5-20-15(14)9-19/h11,13-15H,2-10H2,1H3/t14-,15+/m1/s1. The maximum absolute atomic E-state index is 6.13. The fourth-order valence-electron chi connectivity index (χ4n) is 3.67. The van der Waals surface area contributed by atoms with Crippen LogP contribution in [0.3, 0.4) is 0 Å². The van der Waals surface area contributed by atoms with Crippen molar-refractivity contribution in [3.63, 3.8) is 0 Å². The number of rotatable bonds is 4. The minimum atomic E-state index is 0.440. The summed E-state index contributed by atoms with van der Waals surface area (Å²) < 4.78 is 6.13. The van der Waals surface area contributed by atoms with Crippen LogP contribution in [0.4, 0.5) is 0 Å². The first kappa shape index (κ1) is 14.1. The maximum Gasteiger partial charge on any atom is 0.107 e. The van der Waals surface area contributed by atoms with Crippen molar-refractivity contribution < 1.29 is 4.74 Å². The summed E-state index contributed by atoms with van der Waals surface area (Å²) in [5.74, 6) is 1.67. The molecule has 1 aromatic rings. The van der Waals surface area contributed by atoms with E-state index in [-0.39, 0.29) is 0 Å². The number of ether oxygens (including phenoxy) is 1. The first-order valence-electron chi connectivity index (χ1n) is 8.23. The van der Waals surface area contributed by atoms with Crippen LogP contribution in [0, 0.1) is 18.8 Å². The molecule has 0 amide bonds. The van der Waals surface area contributed by atoms with E-state index in [0.29, 0.717) is 12.0 Å². The Hall–Kier alpha value is -0.490. The highest BCUT2D eigenvalue weighted by Gasteiger charge is 2.37. The van der Waals surface area contributed by atoms with E-state index in [2.05, 4.69) is 27.1 Å². The number of fused-ring (bicyclic) bond motifs is 1. The monoisotopic (exact) mass is 307 g/mol. The Morgan fingerprint density at radius 1 is 1.29 bits per heavy atom. The SMILES string of the molecule is Cc1csc(CN2C[C@H]3CN(CC4CC4)CCO[C@H]3C2)n1. The summed E-state index contributed by atoms with van der Waals surface area (Å²) in [6.07, 6.45) is 3.33. The quantitative estimate of drug-likeness (QED) is 0.850. The number of hydrogen-bond acceptors (Lipinski definition) is 5. The summed E-state index contributed by atoms with van der Waals surface area (Å²) in [4.78, 5) is 9.79. The van der Waals surface area contributed by atoms with Gasteiger partial charge in [0.1, 0.15) is 5.01 Å². The van der Waals surface area contributed by atoms with E-state index in [1.54, 1.807) is 11.3 Å². The molecule has 1 aromatic heterocycles. The molecule has 2 atom stereocenters. The zero-order valence-electron chi connectivity index (χ0n) is 12.8. The van der Waals surface area contributed by atoms with Gasteiger partial charge in [0.05, 0.1) is 19.3 Å². The van der Waals surface area contributed by atoms with Gasteiger partial charge in [0, 0.05) is 49.7 Å². The fraction of sp³-hybridized carbons (Fsp3) is 0.812. The van der Waals surface area contributed by atoms with Gasteiger partial charge in [-0.25, -0.2) is 4.98 Å². The fourth-order valence-corrected chi connectivity index (χ4v) is 4.49. The lowest BCUT2D eigenvalue weighted by Gasteiger charge is -2.23. The molecule has 0 radical (unpaired) electrons. The minimum absolute atomic E-state index is 0.440. The lowest BCUT2D eigenvalue weighted by molar-refractivity contribution is 0.0510. The van der Waals surface area contributed by atoms with Gasteiger partial charge < -0.3 is 9.64 Å². The van der Waals surface area contributed by atoms with Crippen LogP contribution in [0.1, 0.15) is 23.5 Å². The molecule has 2 aliphatic heterocycles. The van der Waals surface area contributed by atoms with E-state index in [1.807, 2.05) is 0 Å². The molecule has 3 aliphatic rings. The lowest BCUT2D eigenvalue weighted by atomic mass is 10.1. The molecule has 116 valence electrons. The second kappa shape index (κ2) is 5.95. The zero-order valence-corrected chi connectivity index (χ0v) is 13.6. The Morgan fingerprint density at radius 2 is 2.14 bits per heavy atom. The molecule has 0 spiro atoms. The maximum atomic E-state index is 6.13. The molecule has 1 aliphatic carbocycles. The van der Waals surface area contributed by atoms with Gasteiger partial charge in [0.15, 0.2) is 0 Å². The second-order valence-electron chi connectivity index (χ2n) is 6.95. The molecule has 4 nitrogen and oxygen atoms in total. The van der Waals surface area contributed by atoms with Crippen LogP contribution in [-0.2, 0) is 11.3 Å². The molecule has 0 aromatic carbocycles. The van der Waals surface area contributed by atoms with Crippen molar-refractivity contribution >= 4 is 11.3 Å². The molecule has 0 bridgehead atoms. The summed E-state index contributed by atoms with van der Waals surface area (Å²) in [6, 6.07) is 0. The van der Waals surface area contributed by atoms with Gasteiger partial charge in [0.25, 0.3) is 0 Å². The van der Waals surface area contributed by atoms with Gasteiger partial charge in [-0.1, -0.05) is 0 Å².